The standard InChI is InChI=1S/C22H33NO3SSi/c1-15-18(14-25-28(8,9)22(5,6)7)23-19(27-15)16-10-12-17(13-11-16)20(24)26-21(2,3)4/h10-13H,14H2,1-9H3. The average Bonchev–Trinajstić information content (AvgIpc) is 2.91. The summed E-state index contributed by atoms with van der Waals surface area (Å²) >= 11 is 1.66. The molecule has 0 atom stereocenters. The van der Waals surface area contributed by atoms with Crippen molar-refractivity contribution in [3.05, 3.63) is 40.4 Å². The normalized spacial score (nSPS) is 12.9. The molecule has 2 rings (SSSR count). The van der Waals surface area contributed by atoms with Crippen LogP contribution in [0.25, 0.3) is 10.6 Å². The molecule has 0 unspecified atom stereocenters. The third-order valence-electron chi connectivity index (χ3n) is 5.04. The van der Waals surface area contributed by atoms with Crippen molar-refractivity contribution in [1.29, 1.82) is 0 Å². The van der Waals surface area contributed by atoms with Gasteiger partial charge in [0.15, 0.2) is 8.32 Å². The van der Waals surface area contributed by atoms with Crippen molar-refractivity contribution in [3.8, 4) is 10.6 Å². The van der Waals surface area contributed by atoms with Crippen LogP contribution in [0.1, 0.15) is 62.5 Å². The highest BCUT2D eigenvalue weighted by Crippen LogP contribution is 2.37. The first-order chi connectivity index (χ1) is 12.7. The van der Waals surface area contributed by atoms with Gasteiger partial charge in [-0.1, -0.05) is 32.9 Å². The number of aromatic nitrogens is 1. The number of hydrogen-bond donors (Lipinski definition) is 0. The molecule has 0 spiro atoms. The highest BCUT2D eigenvalue weighted by atomic mass is 32.1. The highest BCUT2D eigenvalue weighted by molar-refractivity contribution is 7.15. The molecule has 0 fully saturated rings. The van der Waals surface area contributed by atoms with Gasteiger partial charge in [0.05, 0.1) is 17.9 Å². The van der Waals surface area contributed by atoms with Crippen LogP contribution in [0.15, 0.2) is 24.3 Å². The Morgan fingerprint density at radius 1 is 1.07 bits per heavy atom. The Bertz CT molecular complexity index is 827. The van der Waals surface area contributed by atoms with Gasteiger partial charge in [0.2, 0.25) is 0 Å². The number of esters is 1. The molecular formula is C22H33NO3SSi. The zero-order valence-electron chi connectivity index (χ0n) is 18.6. The number of ether oxygens (including phenoxy) is 1. The second-order valence-electron chi connectivity index (χ2n) is 9.65. The monoisotopic (exact) mass is 419 g/mol. The van der Waals surface area contributed by atoms with Crippen LogP contribution in [0.3, 0.4) is 0 Å². The molecule has 0 saturated carbocycles. The van der Waals surface area contributed by atoms with Crippen molar-refractivity contribution in [3.63, 3.8) is 0 Å². The van der Waals surface area contributed by atoms with Crippen molar-refractivity contribution < 1.29 is 14.0 Å². The molecule has 0 N–H and O–H groups in total. The van der Waals surface area contributed by atoms with Gasteiger partial charge in [-0.25, -0.2) is 9.78 Å². The van der Waals surface area contributed by atoms with E-state index in [1.165, 1.54) is 4.88 Å². The van der Waals surface area contributed by atoms with Crippen LogP contribution in [0.2, 0.25) is 18.1 Å². The van der Waals surface area contributed by atoms with E-state index in [1.807, 2.05) is 32.9 Å². The van der Waals surface area contributed by atoms with Crippen molar-refractivity contribution >= 4 is 25.6 Å². The Morgan fingerprint density at radius 3 is 2.14 bits per heavy atom. The predicted molar refractivity (Wildman–Crippen MR) is 119 cm³/mol. The number of thiazole rings is 1. The van der Waals surface area contributed by atoms with Gasteiger partial charge in [0.1, 0.15) is 10.6 Å². The lowest BCUT2D eigenvalue weighted by molar-refractivity contribution is 0.00695. The minimum Gasteiger partial charge on any atom is -0.456 e. The average molecular weight is 420 g/mol. The topological polar surface area (TPSA) is 48.4 Å². The molecule has 1 aromatic carbocycles. The van der Waals surface area contributed by atoms with Gasteiger partial charge in [-0.15, -0.1) is 11.3 Å². The fourth-order valence-electron chi connectivity index (χ4n) is 2.24. The SMILES string of the molecule is Cc1sc(-c2ccc(C(=O)OC(C)(C)C)cc2)nc1CO[Si](C)(C)C(C)(C)C. The summed E-state index contributed by atoms with van der Waals surface area (Å²) in [7, 11) is -1.81. The summed E-state index contributed by atoms with van der Waals surface area (Å²) < 4.78 is 11.7. The Balaban J connectivity index is 2.13. The zero-order chi connectivity index (χ0) is 21.3. The first-order valence-corrected chi connectivity index (χ1v) is 13.4. The number of carbonyl (C=O) groups excluding carboxylic acids is 1. The molecule has 0 amide bonds. The van der Waals surface area contributed by atoms with Crippen molar-refractivity contribution in [2.24, 2.45) is 0 Å². The van der Waals surface area contributed by atoms with Crippen LogP contribution in [0, 0.1) is 6.92 Å². The quantitative estimate of drug-likeness (QED) is 0.405. The zero-order valence-corrected chi connectivity index (χ0v) is 20.4. The minimum atomic E-state index is -1.81. The Morgan fingerprint density at radius 2 is 1.64 bits per heavy atom. The summed E-state index contributed by atoms with van der Waals surface area (Å²) in [6.07, 6.45) is 0. The van der Waals surface area contributed by atoms with E-state index in [0.717, 1.165) is 16.3 Å². The summed E-state index contributed by atoms with van der Waals surface area (Å²) in [5.74, 6) is -0.308. The van der Waals surface area contributed by atoms with Crippen molar-refractivity contribution in [2.45, 2.75) is 78.8 Å². The van der Waals surface area contributed by atoms with Gasteiger partial charge in [-0.05, 0) is 58.0 Å². The van der Waals surface area contributed by atoms with Gasteiger partial charge in [0, 0.05) is 10.4 Å². The van der Waals surface area contributed by atoms with Crippen molar-refractivity contribution in [2.75, 3.05) is 0 Å². The van der Waals surface area contributed by atoms with Gasteiger partial charge in [-0.3, -0.25) is 0 Å². The molecule has 0 radical (unpaired) electrons. The van der Waals surface area contributed by atoms with Crippen LogP contribution < -0.4 is 0 Å². The number of aryl methyl sites for hydroxylation is 1. The molecule has 0 aliphatic carbocycles. The fraction of sp³-hybridized carbons (Fsp3) is 0.545. The minimum absolute atomic E-state index is 0.178. The van der Waals surface area contributed by atoms with E-state index in [2.05, 4.69) is 40.8 Å². The number of nitrogens with zero attached hydrogens (tertiary/aromatic N) is 1. The van der Waals surface area contributed by atoms with Gasteiger partial charge in [-0.2, -0.15) is 0 Å². The molecule has 2 aromatic rings. The summed E-state index contributed by atoms with van der Waals surface area (Å²) in [5, 5.41) is 1.12. The second kappa shape index (κ2) is 8.09. The number of carbonyl (C=O) groups is 1. The van der Waals surface area contributed by atoms with E-state index in [4.69, 9.17) is 14.1 Å². The lowest BCUT2D eigenvalue weighted by Crippen LogP contribution is -2.40. The van der Waals surface area contributed by atoms with Gasteiger partial charge >= 0.3 is 5.97 Å². The van der Waals surface area contributed by atoms with Crippen LogP contribution in [-0.4, -0.2) is 24.9 Å². The molecule has 0 aliphatic rings. The first-order valence-electron chi connectivity index (χ1n) is 9.64. The van der Waals surface area contributed by atoms with E-state index >= 15 is 0 Å². The van der Waals surface area contributed by atoms with Crippen LogP contribution >= 0.6 is 11.3 Å². The molecule has 0 saturated heterocycles. The van der Waals surface area contributed by atoms with E-state index < -0.39 is 13.9 Å². The third kappa shape index (κ3) is 5.75. The highest BCUT2D eigenvalue weighted by Gasteiger charge is 2.37. The van der Waals surface area contributed by atoms with E-state index in [9.17, 15) is 4.79 Å². The maximum atomic E-state index is 12.2. The van der Waals surface area contributed by atoms with Crippen LogP contribution in [0.5, 0.6) is 0 Å². The first kappa shape index (κ1) is 22.8. The van der Waals surface area contributed by atoms with Crippen molar-refractivity contribution in [1.82, 2.24) is 4.98 Å². The van der Waals surface area contributed by atoms with E-state index in [0.29, 0.717) is 12.2 Å². The van der Waals surface area contributed by atoms with E-state index in [1.54, 1.807) is 23.5 Å². The fourth-order valence-corrected chi connectivity index (χ4v) is 4.09. The lowest BCUT2D eigenvalue weighted by Gasteiger charge is -2.36. The Labute approximate surface area is 174 Å². The van der Waals surface area contributed by atoms with E-state index in [-0.39, 0.29) is 11.0 Å². The summed E-state index contributed by atoms with van der Waals surface area (Å²) in [4.78, 5) is 18.1. The molecule has 1 heterocycles. The molecule has 6 heteroatoms. The molecular weight excluding hydrogens is 386 g/mol. The van der Waals surface area contributed by atoms with Gasteiger partial charge in [0.25, 0.3) is 0 Å². The molecule has 0 aliphatic heterocycles. The number of benzene rings is 1. The molecule has 4 nitrogen and oxygen atoms in total. The lowest BCUT2D eigenvalue weighted by atomic mass is 10.1. The Kier molecular flexibility index (Phi) is 6.58. The van der Waals surface area contributed by atoms with Crippen LogP contribution in [0.4, 0.5) is 0 Å². The smallest absolute Gasteiger partial charge is 0.338 e. The summed E-state index contributed by atoms with van der Waals surface area (Å²) in [5.41, 5.74) is 2.05. The molecule has 154 valence electrons. The predicted octanol–water partition coefficient (Wildman–Crippen LogP) is 6.60. The maximum Gasteiger partial charge on any atom is 0.338 e. The summed E-state index contributed by atoms with van der Waals surface area (Å²) in [6, 6.07) is 7.45. The largest absolute Gasteiger partial charge is 0.456 e. The maximum absolute atomic E-state index is 12.2. The molecule has 28 heavy (non-hydrogen) atoms. The van der Waals surface area contributed by atoms with Crippen LogP contribution in [-0.2, 0) is 15.8 Å². The molecule has 1 aromatic heterocycles. The number of hydrogen-bond acceptors (Lipinski definition) is 5. The second-order valence-corrected chi connectivity index (χ2v) is 15.7. The third-order valence-corrected chi connectivity index (χ3v) is 10.6. The number of rotatable bonds is 5. The van der Waals surface area contributed by atoms with Gasteiger partial charge < -0.3 is 9.16 Å². The summed E-state index contributed by atoms with van der Waals surface area (Å²) in [6.45, 7) is 19.5. The Hall–Kier alpha value is -1.50. The molecule has 0 bridgehead atoms.